The minimum absolute atomic E-state index is 0.0201. The van der Waals surface area contributed by atoms with Crippen LogP contribution in [-0.2, 0) is 9.47 Å². The predicted molar refractivity (Wildman–Crippen MR) is 111 cm³/mol. The normalized spacial score (nSPS) is 11.5. The van der Waals surface area contributed by atoms with E-state index < -0.39 is 24.1 Å². The van der Waals surface area contributed by atoms with Crippen molar-refractivity contribution >= 4 is 11.9 Å². The molecular weight excluding hydrogens is 392 g/mol. The van der Waals surface area contributed by atoms with E-state index in [0.717, 1.165) is 0 Å². The van der Waals surface area contributed by atoms with E-state index in [0.29, 0.717) is 11.1 Å². The lowest BCUT2D eigenvalue weighted by Gasteiger charge is -2.13. The van der Waals surface area contributed by atoms with Crippen molar-refractivity contribution in [2.45, 2.75) is 26.1 Å². The van der Waals surface area contributed by atoms with Gasteiger partial charge in [-0.2, -0.15) is 0 Å². The molecule has 0 saturated carbocycles. The molecule has 0 aliphatic heterocycles. The summed E-state index contributed by atoms with van der Waals surface area (Å²) in [6.45, 7) is 2.84. The zero-order chi connectivity index (χ0) is 22.8. The van der Waals surface area contributed by atoms with Gasteiger partial charge in [0.05, 0.1) is 37.1 Å². The van der Waals surface area contributed by atoms with Crippen LogP contribution in [0.5, 0.6) is 0 Å². The third-order valence-electron chi connectivity index (χ3n) is 3.14. The van der Waals surface area contributed by atoms with Crippen LogP contribution < -0.4 is 0 Å². The van der Waals surface area contributed by atoms with Crippen molar-refractivity contribution in [2.75, 3.05) is 26.4 Å². The highest BCUT2D eigenvalue weighted by atomic mass is 16.6. The molecule has 8 heteroatoms. The highest BCUT2D eigenvalue weighted by Crippen LogP contribution is 2.06. The number of carbonyl (C=O) groups excluding carboxylic acids is 2. The summed E-state index contributed by atoms with van der Waals surface area (Å²) in [4.78, 5) is 23.5. The summed E-state index contributed by atoms with van der Waals surface area (Å²) in [6, 6.07) is 17.4. The maximum Gasteiger partial charge on any atom is 0.338 e. The quantitative estimate of drug-likeness (QED) is 0.492. The van der Waals surface area contributed by atoms with Gasteiger partial charge in [0.2, 0.25) is 0 Å². The highest BCUT2D eigenvalue weighted by molar-refractivity contribution is 5.90. The number of hydrogen-bond acceptors (Lipinski definition) is 8. The molecule has 0 amide bonds. The van der Waals surface area contributed by atoms with Crippen molar-refractivity contribution in [3.63, 3.8) is 0 Å². The number of esters is 2. The second-order valence-electron chi connectivity index (χ2n) is 6.03. The molecule has 2 unspecified atom stereocenters. The highest BCUT2D eigenvalue weighted by Gasteiger charge is 2.14. The van der Waals surface area contributed by atoms with Crippen LogP contribution in [0.25, 0.3) is 0 Å². The summed E-state index contributed by atoms with van der Waals surface area (Å²) in [5.41, 5.74) is 0.942. The van der Waals surface area contributed by atoms with E-state index in [2.05, 4.69) is 0 Å². The Labute approximate surface area is 176 Å². The Balaban J connectivity index is 0.000000789. The Kier molecular flexibility index (Phi) is 15.5. The van der Waals surface area contributed by atoms with Gasteiger partial charge in [-0.25, -0.2) is 9.59 Å². The molecule has 2 atom stereocenters. The van der Waals surface area contributed by atoms with Crippen molar-refractivity contribution in [1.29, 1.82) is 0 Å². The third kappa shape index (κ3) is 13.4. The molecule has 166 valence electrons. The number of hydrogen-bond donors (Lipinski definition) is 4. The molecule has 4 N–H and O–H groups in total. The Morgan fingerprint density at radius 3 is 1.57 bits per heavy atom. The van der Waals surface area contributed by atoms with Crippen LogP contribution in [0.1, 0.15) is 34.6 Å². The number of ether oxygens (including phenoxy) is 2. The van der Waals surface area contributed by atoms with Crippen molar-refractivity contribution in [2.24, 2.45) is 0 Å². The first-order chi connectivity index (χ1) is 14.3. The average molecular weight is 422 g/mol. The minimum Gasteiger partial charge on any atom is -0.458 e. The largest absolute Gasteiger partial charge is 0.458 e. The van der Waals surface area contributed by atoms with Gasteiger partial charge in [-0.15, -0.1) is 0 Å². The Morgan fingerprint density at radius 2 is 1.20 bits per heavy atom. The predicted octanol–water partition coefficient (Wildman–Crippen LogP) is 1.42. The fourth-order valence-corrected chi connectivity index (χ4v) is 1.71. The van der Waals surface area contributed by atoms with Gasteiger partial charge in [-0.1, -0.05) is 36.4 Å². The lowest BCUT2D eigenvalue weighted by Crippen LogP contribution is -2.22. The molecule has 0 saturated heterocycles. The molecule has 0 aliphatic carbocycles. The maximum absolute atomic E-state index is 11.8. The molecule has 0 aliphatic rings. The third-order valence-corrected chi connectivity index (χ3v) is 3.14. The SMILES string of the molecule is CC(COC(=O)c1ccccc1)OC(=O)c1ccccc1.CC(O)CO.OCCO. The number of aliphatic hydroxyl groups excluding tert-OH is 4. The van der Waals surface area contributed by atoms with Crippen molar-refractivity contribution in [3.8, 4) is 0 Å². The van der Waals surface area contributed by atoms with Crippen LogP contribution in [0.15, 0.2) is 60.7 Å². The van der Waals surface area contributed by atoms with Crippen molar-refractivity contribution < 1.29 is 39.5 Å². The lowest BCUT2D eigenvalue weighted by atomic mass is 10.2. The molecule has 30 heavy (non-hydrogen) atoms. The summed E-state index contributed by atoms with van der Waals surface area (Å²) < 4.78 is 10.3. The summed E-state index contributed by atoms with van der Waals surface area (Å²) in [7, 11) is 0. The Morgan fingerprint density at radius 1 is 0.800 bits per heavy atom. The monoisotopic (exact) mass is 422 g/mol. The fraction of sp³-hybridized carbons (Fsp3) is 0.364. The van der Waals surface area contributed by atoms with E-state index in [1.165, 1.54) is 6.92 Å². The van der Waals surface area contributed by atoms with Crippen LogP contribution in [0.3, 0.4) is 0 Å². The summed E-state index contributed by atoms with van der Waals surface area (Å²) in [5, 5.41) is 31.3. The number of benzene rings is 2. The zero-order valence-electron chi connectivity index (χ0n) is 17.2. The van der Waals surface area contributed by atoms with Crippen LogP contribution >= 0.6 is 0 Å². The lowest BCUT2D eigenvalue weighted by molar-refractivity contribution is 0.00448. The van der Waals surface area contributed by atoms with E-state index in [-0.39, 0.29) is 26.4 Å². The van der Waals surface area contributed by atoms with Gasteiger partial charge >= 0.3 is 11.9 Å². The van der Waals surface area contributed by atoms with E-state index >= 15 is 0 Å². The number of carbonyl (C=O) groups is 2. The maximum atomic E-state index is 11.8. The molecule has 2 aromatic carbocycles. The molecule has 2 rings (SSSR count). The molecule has 0 aromatic heterocycles. The Bertz CT molecular complexity index is 687. The summed E-state index contributed by atoms with van der Waals surface area (Å²) >= 11 is 0. The first kappa shape index (κ1) is 27.2. The average Bonchev–Trinajstić information content (AvgIpc) is 2.79. The standard InChI is InChI=1S/C17H16O4.C3H8O2.C2H6O2/c1-13(21-17(19)15-10-6-3-7-11-15)12-20-16(18)14-8-4-2-5-9-14;1-3(5)2-4;3-1-2-4/h2-11,13H,12H2,1H3;3-5H,2H2,1H3;3-4H,1-2H2. The van der Waals surface area contributed by atoms with Gasteiger partial charge < -0.3 is 29.9 Å². The topological polar surface area (TPSA) is 134 Å². The van der Waals surface area contributed by atoms with Gasteiger partial charge in [-0.05, 0) is 38.1 Å². The second-order valence-corrected chi connectivity index (χ2v) is 6.03. The molecule has 0 heterocycles. The van der Waals surface area contributed by atoms with Gasteiger partial charge in [0.15, 0.2) is 0 Å². The first-order valence-electron chi connectivity index (χ1n) is 9.34. The van der Waals surface area contributed by atoms with Gasteiger partial charge in [0.1, 0.15) is 12.7 Å². The molecular formula is C22H30O8. The molecule has 0 fully saturated rings. The minimum atomic E-state index is -0.560. The second kappa shape index (κ2) is 17.1. The van der Waals surface area contributed by atoms with Crippen LogP contribution in [-0.4, -0.2) is 71.0 Å². The molecule has 0 bridgehead atoms. The van der Waals surface area contributed by atoms with E-state index in [4.69, 9.17) is 29.9 Å². The van der Waals surface area contributed by atoms with Gasteiger partial charge in [-0.3, -0.25) is 0 Å². The van der Waals surface area contributed by atoms with E-state index in [9.17, 15) is 9.59 Å². The van der Waals surface area contributed by atoms with Gasteiger partial charge in [0, 0.05) is 0 Å². The Hall–Kier alpha value is -2.78. The van der Waals surface area contributed by atoms with Crippen molar-refractivity contribution in [3.05, 3.63) is 71.8 Å². The van der Waals surface area contributed by atoms with E-state index in [1.54, 1.807) is 55.5 Å². The zero-order valence-corrected chi connectivity index (χ0v) is 17.2. The first-order valence-corrected chi connectivity index (χ1v) is 9.34. The summed E-state index contributed by atoms with van der Waals surface area (Å²) in [5.74, 6) is -0.864. The van der Waals surface area contributed by atoms with Crippen LogP contribution in [0.2, 0.25) is 0 Å². The smallest absolute Gasteiger partial charge is 0.338 e. The molecule has 8 nitrogen and oxygen atoms in total. The molecule has 2 aromatic rings. The fourth-order valence-electron chi connectivity index (χ4n) is 1.71. The molecule has 0 radical (unpaired) electrons. The van der Waals surface area contributed by atoms with Crippen LogP contribution in [0.4, 0.5) is 0 Å². The number of rotatable bonds is 7. The van der Waals surface area contributed by atoms with E-state index in [1.807, 2.05) is 12.1 Å². The molecule has 0 spiro atoms. The van der Waals surface area contributed by atoms with Crippen molar-refractivity contribution in [1.82, 2.24) is 0 Å². The van der Waals surface area contributed by atoms with Crippen LogP contribution in [0, 0.1) is 0 Å². The van der Waals surface area contributed by atoms with Gasteiger partial charge in [0.25, 0.3) is 0 Å². The number of aliphatic hydroxyl groups is 4. The summed E-state index contributed by atoms with van der Waals surface area (Å²) in [6.07, 6.45) is -1.07.